The third-order valence-electron chi connectivity index (χ3n) is 3.80. The molecule has 0 spiro atoms. The molecule has 5 heteroatoms. The molecule has 0 atom stereocenters. The molecule has 1 heterocycles. The third kappa shape index (κ3) is 5.21. The number of benzene rings is 1. The zero-order chi connectivity index (χ0) is 16.7. The van der Waals surface area contributed by atoms with Gasteiger partial charge in [-0.25, -0.2) is 9.66 Å². The minimum atomic E-state index is 0.409. The van der Waals surface area contributed by atoms with Crippen LogP contribution in [0.3, 0.4) is 0 Å². The van der Waals surface area contributed by atoms with Crippen molar-refractivity contribution in [1.82, 2.24) is 14.6 Å². The van der Waals surface area contributed by atoms with Crippen molar-refractivity contribution in [3.8, 4) is 0 Å². The number of imidazole rings is 1. The second-order valence-electron chi connectivity index (χ2n) is 5.80. The van der Waals surface area contributed by atoms with Crippen LogP contribution in [-0.2, 0) is 6.54 Å². The van der Waals surface area contributed by atoms with Crippen LogP contribution < -0.4 is 5.73 Å². The number of rotatable bonds is 8. The Kier molecular flexibility index (Phi) is 6.35. The van der Waals surface area contributed by atoms with Gasteiger partial charge in [0.15, 0.2) is 0 Å². The highest BCUT2D eigenvalue weighted by Crippen LogP contribution is 2.09. The molecule has 0 aliphatic rings. The fraction of sp³-hybridized carbons (Fsp3) is 0.444. The predicted molar refractivity (Wildman–Crippen MR) is 96.7 cm³/mol. The van der Waals surface area contributed by atoms with Crippen molar-refractivity contribution in [2.24, 2.45) is 5.10 Å². The number of aromatic nitrogens is 2. The summed E-state index contributed by atoms with van der Waals surface area (Å²) in [5, 5.41) is 4.38. The smallest absolute Gasteiger partial charge is 0.221 e. The Bertz CT molecular complexity index is 645. The van der Waals surface area contributed by atoms with Gasteiger partial charge in [0.1, 0.15) is 0 Å². The summed E-state index contributed by atoms with van der Waals surface area (Å²) < 4.78 is 1.60. The molecule has 0 amide bonds. The molecule has 124 valence electrons. The largest absolute Gasteiger partial charge is 0.368 e. The van der Waals surface area contributed by atoms with Crippen molar-refractivity contribution in [3.05, 3.63) is 47.3 Å². The average molecular weight is 313 g/mol. The van der Waals surface area contributed by atoms with Gasteiger partial charge in [-0.05, 0) is 43.6 Å². The topological polar surface area (TPSA) is 59.4 Å². The van der Waals surface area contributed by atoms with Crippen LogP contribution in [0.1, 0.15) is 43.5 Å². The molecule has 2 N–H and O–H groups in total. The van der Waals surface area contributed by atoms with Crippen LogP contribution in [-0.4, -0.2) is 33.9 Å². The van der Waals surface area contributed by atoms with Gasteiger partial charge in [0.05, 0.1) is 18.1 Å². The summed E-state index contributed by atoms with van der Waals surface area (Å²) in [4.78, 5) is 6.61. The summed E-state index contributed by atoms with van der Waals surface area (Å²) >= 11 is 0. The van der Waals surface area contributed by atoms with Gasteiger partial charge in [-0.15, -0.1) is 0 Å². The van der Waals surface area contributed by atoms with E-state index in [4.69, 9.17) is 5.73 Å². The number of nitrogen functional groups attached to an aromatic ring is 1. The molecular weight excluding hydrogens is 286 g/mol. The van der Waals surface area contributed by atoms with Crippen LogP contribution in [0.2, 0.25) is 0 Å². The molecule has 0 unspecified atom stereocenters. The van der Waals surface area contributed by atoms with Crippen molar-refractivity contribution >= 4 is 12.2 Å². The van der Waals surface area contributed by atoms with Gasteiger partial charge in [0.2, 0.25) is 5.95 Å². The van der Waals surface area contributed by atoms with Crippen LogP contribution in [0.25, 0.3) is 0 Å². The maximum atomic E-state index is 5.80. The van der Waals surface area contributed by atoms with Crippen molar-refractivity contribution in [2.75, 3.05) is 18.8 Å². The number of nitrogens with zero attached hydrogens (tertiary/aromatic N) is 4. The van der Waals surface area contributed by atoms with E-state index < -0.39 is 0 Å². The van der Waals surface area contributed by atoms with Gasteiger partial charge in [-0.1, -0.05) is 38.5 Å². The lowest BCUT2D eigenvalue weighted by Gasteiger charge is -2.20. The summed E-state index contributed by atoms with van der Waals surface area (Å²) in [6.07, 6.45) is 6.12. The number of hydrogen-bond acceptors (Lipinski definition) is 4. The zero-order valence-corrected chi connectivity index (χ0v) is 14.4. The molecule has 5 nitrogen and oxygen atoms in total. The summed E-state index contributed by atoms with van der Waals surface area (Å²) in [6, 6.07) is 8.47. The normalized spacial score (nSPS) is 11.7. The first kappa shape index (κ1) is 17.2. The number of aryl methyl sites for hydroxylation is 1. The molecule has 2 aromatic rings. The molecule has 0 radical (unpaired) electrons. The number of anilines is 1. The molecular formula is C18H27N5. The Hall–Kier alpha value is -2.14. The van der Waals surface area contributed by atoms with Crippen molar-refractivity contribution in [2.45, 2.75) is 40.2 Å². The number of hydrogen-bond donors (Lipinski definition) is 1. The summed E-state index contributed by atoms with van der Waals surface area (Å²) in [5.41, 5.74) is 9.04. The average Bonchev–Trinajstić information content (AvgIpc) is 2.87. The van der Waals surface area contributed by atoms with Gasteiger partial charge in [-0.3, -0.25) is 4.90 Å². The lowest BCUT2D eigenvalue weighted by molar-refractivity contribution is 0.275. The lowest BCUT2D eigenvalue weighted by Crippen LogP contribution is -2.23. The first-order chi connectivity index (χ1) is 11.1. The van der Waals surface area contributed by atoms with E-state index in [1.54, 1.807) is 4.68 Å². The van der Waals surface area contributed by atoms with E-state index in [0.717, 1.165) is 30.9 Å². The van der Waals surface area contributed by atoms with E-state index in [2.05, 4.69) is 53.1 Å². The molecule has 0 aliphatic heterocycles. The third-order valence-corrected chi connectivity index (χ3v) is 3.80. The zero-order valence-electron chi connectivity index (χ0n) is 14.4. The van der Waals surface area contributed by atoms with Crippen molar-refractivity contribution in [3.63, 3.8) is 0 Å². The Morgan fingerprint density at radius 2 is 2.17 bits per heavy atom. The molecule has 0 saturated heterocycles. The van der Waals surface area contributed by atoms with E-state index in [1.165, 1.54) is 18.4 Å². The molecule has 2 rings (SSSR count). The van der Waals surface area contributed by atoms with Gasteiger partial charge < -0.3 is 5.73 Å². The maximum absolute atomic E-state index is 5.80. The highest BCUT2D eigenvalue weighted by atomic mass is 15.4. The quantitative estimate of drug-likeness (QED) is 0.761. The second kappa shape index (κ2) is 8.48. The van der Waals surface area contributed by atoms with E-state index in [1.807, 2.05) is 19.3 Å². The van der Waals surface area contributed by atoms with E-state index in [-0.39, 0.29) is 0 Å². The first-order valence-electron chi connectivity index (χ1n) is 8.29. The van der Waals surface area contributed by atoms with Crippen LogP contribution in [0.5, 0.6) is 0 Å². The van der Waals surface area contributed by atoms with Crippen molar-refractivity contribution < 1.29 is 0 Å². The van der Waals surface area contributed by atoms with Crippen LogP contribution in [0.4, 0.5) is 5.95 Å². The minimum Gasteiger partial charge on any atom is -0.368 e. The fourth-order valence-electron chi connectivity index (χ4n) is 2.49. The van der Waals surface area contributed by atoms with Gasteiger partial charge in [-0.2, -0.15) is 5.10 Å². The number of unbranched alkanes of at least 4 members (excludes halogenated alkanes) is 1. The van der Waals surface area contributed by atoms with Crippen LogP contribution in [0.15, 0.2) is 35.6 Å². The summed E-state index contributed by atoms with van der Waals surface area (Å²) in [5.74, 6) is 0.409. The van der Waals surface area contributed by atoms with Crippen LogP contribution >= 0.6 is 0 Å². The van der Waals surface area contributed by atoms with Gasteiger partial charge in [0.25, 0.3) is 0 Å². The molecule has 0 bridgehead atoms. The van der Waals surface area contributed by atoms with E-state index >= 15 is 0 Å². The predicted octanol–water partition coefficient (Wildman–Crippen LogP) is 3.28. The SMILES string of the molecule is CCCCN(CC)Cc1cccc(C=Nn2cc(C)nc2N)c1. The Labute approximate surface area is 138 Å². The molecule has 0 saturated carbocycles. The van der Waals surface area contributed by atoms with Gasteiger partial charge >= 0.3 is 0 Å². The highest BCUT2D eigenvalue weighted by molar-refractivity contribution is 5.79. The summed E-state index contributed by atoms with van der Waals surface area (Å²) in [6.45, 7) is 9.54. The minimum absolute atomic E-state index is 0.409. The Balaban J connectivity index is 2.05. The molecule has 1 aromatic carbocycles. The molecule has 0 fully saturated rings. The summed E-state index contributed by atoms with van der Waals surface area (Å²) in [7, 11) is 0. The maximum Gasteiger partial charge on any atom is 0.221 e. The lowest BCUT2D eigenvalue weighted by atomic mass is 10.1. The van der Waals surface area contributed by atoms with Crippen LogP contribution in [0, 0.1) is 6.92 Å². The molecule has 23 heavy (non-hydrogen) atoms. The standard InChI is InChI=1S/C18H27N5/c1-4-6-10-22(5-2)14-17-9-7-8-16(11-17)12-20-23-13-15(3)21-18(23)19/h7-9,11-13H,4-6,10,14H2,1-3H3,(H2,19,21). The van der Waals surface area contributed by atoms with E-state index in [0.29, 0.717) is 5.95 Å². The van der Waals surface area contributed by atoms with E-state index in [9.17, 15) is 0 Å². The fourth-order valence-corrected chi connectivity index (χ4v) is 2.49. The molecule has 1 aromatic heterocycles. The monoisotopic (exact) mass is 313 g/mol. The molecule has 0 aliphatic carbocycles. The number of nitrogens with two attached hydrogens (primary N) is 1. The second-order valence-corrected chi connectivity index (χ2v) is 5.80. The first-order valence-corrected chi connectivity index (χ1v) is 8.29. The highest BCUT2D eigenvalue weighted by Gasteiger charge is 2.04. The Morgan fingerprint density at radius 1 is 1.35 bits per heavy atom. The van der Waals surface area contributed by atoms with Gasteiger partial charge in [0, 0.05) is 6.54 Å². The van der Waals surface area contributed by atoms with Crippen molar-refractivity contribution in [1.29, 1.82) is 0 Å². The Morgan fingerprint density at radius 3 is 2.83 bits per heavy atom.